The predicted molar refractivity (Wildman–Crippen MR) is 127 cm³/mol. The third-order valence-corrected chi connectivity index (χ3v) is 4.74. The van der Waals surface area contributed by atoms with Gasteiger partial charge in [0, 0.05) is 58.4 Å². The van der Waals surface area contributed by atoms with E-state index in [0.29, 0.717) is 38.4 Å². The summed E-state index contributed by atoms with van der Waals surface area (Å²) in [5, 5.41) is 6.09. The summed E-state index contributed by atoms with van der Waals surface area (Å²) in [6, 6.07) is 11.1. The van der Waals surface area contributed by atoms with Gasteiger partial charge in [-0.25, -0.2) is 8.78 Å². The van der Waals surface area contributed by atoms with E-state index >= 15 is 0 Å². The summed E-state index contributed by atoms with van der Waals surface area (Å²) in [5.41, 5.74) is 2.05. The molecular formula is C21H26F2IN5O. The molecule has 0 spiro atoms. The third kappa shape index (κ3) is 6.28. The molecular weight excluding hydrogens is 503 g/mol. The van der Waals surface area contributed by atoms with E-state index in [-0.39, 0.29) is 29.9 Å². The van der Waals surface area contributed by atoms with Crippen LogP contribution in [0.15, 0.2) is 47.5 Å². The first kappa shape index (κ1) is 23.8. The van der Waals surface area contributed by atoms with Crippen LogP contribution >= 0.6 is 24.0 Å². The Morgan fingerprint density at radius 3 is 2.50 bits per heavy atom. The minimum atomic E-state index is -0.442. The molecule has 30 heavy (non-hydrogen) atoms. The number of guanidine groups is 1. The molecule has 1 aliphatic rings. The minimum absolute atomic E-state index is 0. The summed E-state index contributed by atoms with van der Waals surface area (Å²) in [4.78, 5) is 19.5. The summed E-state index contributed by atoms with van der Waals surface area (Å²) in [7, 11) is 1.72. The van der Waals surface area contributed by atoms with Crippen LogP contribution in [0.3, 0.4) is 0 Å². The summed E-state index contributed by atoms with van der Waals surface area (Å²) >= 11 is 0. The molecule has 9 heteroatoms. The van der Waals surface area contributed by atoms with Crippen molar-refractivity contribution in [1.82, 2.24) is 10.2 Å². The molecule has 3 rings (SSSR count). The molecule has 0 aromatic heterocycles. The summed E-state index contributed by atoms with van der Waals surface area (Å²) in [6.07, 6.45) is 0. The molecule has 1 heterocycles. The number of anilines is 2. The maximum absolute atomic E-state index is 14.0. The number of carbonyl (C=O) groups excluding carboxylic acids is 1. The van der Waals surface area contributed by atoms with Gasteiger partial charge in [0.05, 0.1) is 5.69 Å². The molecule has 0 atom stereocenters. The smallest absolute Gasteiger partial charge is 0.221 e. The SMILES string of the molecule is CN=C(NCc1cccc(NC(C)=O)c1)N1CCN(c2cc(F)ccc2F)CC1.I. The van der Waals surface area contributed by atoms with Crippen LogP contribution in [0.5, 0.6) is 0 Å². The number of nitrogens with zero attached hydrogens (tertiary/aromatic N) is 3. The second-order valence-corrected chi connectivity index (χ2v) is 6.85. The Hall–Kier alpha value is -2.43. The number of carbonyl (C=O) groups is 1. The highest BCUT2D eigenvalue weighted by Gasteiger charge is 2.22. The zero-order chi connectivity index (χ0) is 20.8. The number of aliphatic imine (C=N–C) groups is 1. The highest BCUT2D eigenvalue weighted by Crippen LogP contribution is 2.22. The van der Waals surface area contributed by atoms with Gasteiger partial charge in [0.1, 0.15) is 11.6 Å². The Bertz CT molecular complexity index is 901. The maximum Gasteiger partial charge on any atom is 0.221 e. The normalized spacial score (nSPS) is 14.2. The first-order valence-electron chi connectivity index (χ1n) is 9.48. The largest absolute Gasteiger partial charge is 0.366 e. The second-order valence-electron chi connectivity index (χ2n) is 6.85. The monoisotopic (exact) mass is 529 g/mol. The molecule has 0 radical (unpaired) electrons. The molecule has 1 saturated heterocycles. The number of nitrogens with one attached hydrogen (secondary N) is 2. The van der Waals surface area contributed by atoms with Crippen LogP contribution in [0.25, 0.3) is 0 Å². The van der Waals surface area contributed by atoms with E-state index in [9.17, 15) is 13.6 Å². The lowest BCUT2D eigenvalue weighted by Crippen LogP contribution is -2.52. The van der Waals surface area contributed by atoms with Crippen molar-refractivity contribution in [2.45, 2.75) is 13.5 Å². The quantitative estimate of drug-likeness (QED) is 0.362. The van der Waals surface area contributed by atoms with Crippen molar-refractivity contribution in [3.63, 3.8) is 0 Å². The molecule has 0 saturated carbocycles. The van der Waals surface area contributed by atoms with Gasteiger partial charge in [-0.1, -0.05) is 12.1 Å². The van der Waals surface area contributed by atoms with E-state index in [1.54, 1.807) is 7.05 Å². The molecule has 2 aromatic carbocycles. The molecule has 1 fully saturated rings. The van der Waals surface area contributed by atoms with Gasteiger partial charge in [-0.05, 0) is 29.8 Å². The fourth-order valence-electron chi connectivity index (χ4n) is 3.36. The Kier molecular flexibility index (Phi) is 8.82. The average molecular weight is 529 g/mol. The predicted octanol–water partition coefficient (Wildman–Crippen LogP) is 3.44. The van der Waals surface area contributed by atoms with Crippen LogP contribution in [-0.4, -0.2) is 50.0 Å². The molecule has 0 aliphatic carbocycles. The van der Waals surface area contributed by atoms with Crippen molar-refractivity contribution < 1.29 is 13.6 Å². The van der Waals surface area contributed by atoms with E-state index in [2.05, 4.69) is 20.5 Å². The molecule has 0 unspecified atom stereocenters. The van der Waals surface area contributed by atoms with Crippen LogP contribution < -0.4 is 15.5 Å². The Morgan fingerprint density at radius 1 is 1.10 bits per heavy atom. The molecule has 1 amide bonds. The van der Waals surface area contributed by atoms with E-state index in [4.69, 9.17) is 0 Å². The van der Waals surface area contributed by atoms with Gasteiger partial charge in [0.15, 0.2) is 5.96 Å². The Morgan fingerprint density at radius 2 is 1.83 bits per heavy atom. The number of amides is 1. The summed E-state index contributed by atoms with van der Waals surface area (Å²) in [5.74, 6) is -0.225. The van der Waals surface area contributed by atoms with Crippen LogP contribution in [0, 0.1) is 11.6 Å². The highest BCUT2D eigenvalue weighted by molar-refractivity contribution is 14.0. The van der Waals surface area contributed by atoms with Gasteiger partial charge in [-0.3, -0.25) is 9.79 Å². The number of rotatable bonds is 4. The van der Waals surface area contributed by atoms with Crippen molar-refractivity contribution in [2.24, 2.45) is 4.99 Å². The average Bonchev–Trinajstić information content (AvgIpc) is 2.70. The number of hydrogen-bond donors (Lipinski definition) is 2. The standard InChI is InChI=1S/C21H25F2N5O.HI/c1-15(29)26-18-5-3-4-16(12-18)14-25-21(24-2)28-10-8-27(9-11-28)20-13-17(22)6-7-19(20)23;/h3-7,12-13H,8-11,14H2,1-2H3,(H,24,25)(H,26,29);1H. The number of halogens is 3. The highest BCUT2D eigenvalue weighted by atomic mass is 127. The summed E-state index contributed by atoms with van der Waals surface area (Å²) in [6.45, 7) is 4.45. The minimum Gasteiger partial charge on any atom is -0.366 e. The Labute approximate surface area is 192 Å². The molecule has 2 aromatic rings. The van der Waals surface area contributed by atoms with Crippen molar-refractivity contribution in [3.8, 4) is 0 Å². The van der Waals surface area contributed by atoms with E-state index in [1.807, 2.05) is 29.2 Å². The Balaban J connectivity index is 0.00000320. The molecule has 1 aliphatic heterocycles. The van der Waals surface area contributed by atoms with Crippen molar-refractivity contribution in [1.29, 1.82) is 0 Å². The maximum atomic E-state index is 14.0. The third-order valence-electron chi connectivity index (χ3n) is 4.74. The molecule has 0 bridgehead atoms. The first-order chi connectivity index (χ1) is 14.0. The van der Waals surface area contributed by atoms with Gasteiger partial charge in [0.25, 0.3) is 0 Å². The van der Waals surface area contributed by atoms with Crippen molar-refractivity contribution >= 4 is 47.2 Å². The van der Waals surface area contributed by atoms with Gasteiger partial charge >= 0.3 is 0 Å². The van der Waals surface area contributed by atoms with Crippen molar-refractivity contribution in [3.05, 3.63) is 59.7 Å². The second kappa shape index (κ2) is 11.1. The van der Waals surface area contributed by atoms with Crippen molar-refractivity contribution in [2.75, 3.05) is 43.4 Å². The zero-order valence-corrected chi connectivity index (χ0v) is 19.3. The van der Waals surface area contributed by atoms with Gasteiger partial charge in [-0.15, -0.1) is 24.0 Å². The lowest BCUT2D eigenvalue weighted by molar-refractivity contribution is -0.114. The van der Waals surface area contributed by atoms with Crippen LogP contribution in [0.2, 0.25) is 0 Å². The molecule has 6 nitrogen and oxygen atoms in total. The van der Waals surface area contributed by atoms with Gasteiger partial charge < -0.3 is 20.4 Å². The van der Waals surface area contributed by atoms with E-state index in [0.717, 1.165) is 29.3 Å². The van der Waals surface area contributed by atoms with E-state index in [1.165, 1.54) is 13.0 Å². The lowest BCUT2D eigenvalue weighted by Gasteiger charge is -2.37. The number of hydrogen-bond acceptors (Lipinski definition) is 3. The molecule has 162 valence electrons. The van der Waals surface area contributed by atoms with Gasteiger partial charge in [-0.2, -0.15) is 0 Å². The fourth-order valence-corrected chi connectivity index (χ4v) is 3.36. The topological polar surface area (TPSA) is 60.0 Å². The number of benzene rings is 2. The van der Waals surface area contributed by atoms with Crippen LogP contribution in [0.4, 0.5) is 20.2 Å². The van der Waals surface area contributed by atoms with E-state index < -0.39 is 11.6 Å². The fraction of sp³-hybridized carbons (Fsp3) is 0.333. The van der Waals surface area contributed by atoms with Crippen LogP contribution in [0.1, 0.15) is 12.5 Å². The lowest BCUT2D eigenvalue weighted by atomic mass is 10.2. The number of piperazine rings is 1. The summed E-state index contributed by atoms with van der Waals surface area (Å²) < 4.78 is 27.5. The van der Waals surface area contributed by atoms with Crippen LogP contribution in [-0.2, 0) is 11.3 Å². The zero-order valence-electron chi connectivity index (χ0n) is 17.0. The molecule has 2 N–H and O–H groups in total. The van der Waals surface area contributed by atoms with Gasteiger partial charge in [0.2, 0.25) is 5.91 Å². The first-order valence-corrected chi connectivity index (χ1v) is 9.48.